The van der Waals surface area contributed by atoms with Crippen molar-refractivity contribution in [2.24, 2.45) is 10.4 Å². The van der Waals surface area contributed by atoms with Crippen molar-refractivity contribution < 1.29 is 9.84 Å². The lowest BCUT2D eigenvalue weighted by Crippen LogP contribution is -2.45. The van der Waals surface area contributed by atoms with Gasteiger partial charge in [-0.3, -0.25) is 4.99 Å². The summed E-state index contributed by atoms with van der Waals surface area (Å²) in [6, 6.07) is 14.9. The highest BCUT2D eigenvalue weighted by molar-refractivity contribution is 14.0. The molecule has 0 saturated carbocycles. The number of nitrogens with zero attached hydrogens (tertiary/aromatic N) is 1. The molecule has 0 aromatic heterocycles. The number of aliphatic hydroxyl groups excluding tert-OH is 1. The van der Waals surface area contributed by atoms with Crippen LogP contribution in [0.1, 0.15) is 18.4 Å². The highest BCUT2D eigenvalue weighted by Gasteiger charge is 2.34. The van der Waals surface area contributed by atoms with Crippen LogP contribution in [0.15, 0.2) is 47.5 Å². The number of guanidine groups is 1. The summed E-state index contributed by atoms with van der Waals surface area (Å²) < 4.78 is 5.55. The lowest BCUT2D eigenvalue weighted by molar-refractivity contribution is 0.127. The van der Waals surface area contributed by atoms with E-state index in [1.54, 1.807) is 7.05 Å². The van der Waals surface area contributed by atoms with Crippen LogP contribution in [0.2, 0.25) is 0 Å². The Morgan fingerprint density at radius 1 is 1.19 bits per heavy atom. The van der Waals surface area contributed by atoms with Gasteiger partial charge in [0.1, 0.15) is 0 Å². The third-order valence-corrected chi connectivity index (χ3v) is 5.25. The molecular weight excluding hydrogens is 453 g/mol. The van der Waals surface area contributed by atoms with Crippen LogP contribution in [0.3, 0.4) is 0 Å². The predicted octanol–water partition coefficient (Wildman–Crippen LogP) is 2.95. The smallest absolute Gasteiger partial charge is 0.191 e. The Morgan fingerprint density at radius 2 is 2.00 bits per heavy atom. The Balaban J connectivity index is 0.00000261. The number of halogens is 1. The van der Waals surface area contributed by atoms with Crippen LogP contribution < -0.4 is 10.6 Å². The minimum absolute atomic E-state index is 0. The molecule has 1 heterocycles. The van der Waals surface area contributed by atoms with E-state index in [-0.39, 0.29) is 36.0 Å². The van der Waals surface area contributed by atoms with Gasteiger partial charge in [0.05, 0.1) is 6.61 Å². The average Bonchev–Trinajstić information content (AvgIpc) is 3.13. The molecule has 6 heteroatoms. The summed E-state index contributed by atoms with van der Waals surface area (Å²) in [6.45, 7) is 3.25. The fraction of sp³-hybridized carbons (Fsp3) is 0.476. The van der Waals surface area contributed by atoms with Gasteiger partial charge in [0.2, 0.25) is 0 Å². The van der Waals surface area contributed by atoms with Crippen LogP contribution in [0.25, 0.3) is 10.8 Å². The Morgan fingerprint density at radius 3 is 2.74 bits per heavy atom. The summed E-state index contributed by atoms with van der Waals surface area (Å²) in [5.74, 6) is 0.800. The molecule has 1 aliphatic heterocycles. The number of rotatable bonds is 7. The molecule has 1 fully saturated rings. The van der Waals surface area contributed by atoms with E-state index in [1.807, 2.05) is 0 Å². The summed E-state index contributed by atoms with van der Waals surface area (Å²) in [6.07, 6.45) is 2.67. The van der Waals surface area contributed by atoms with Crippen LogP contribution >= 0.6 is 24.0 Å². The van der Waals surface area contributed by atoms with Crippen LogP contribution in [0, 0.1) is 5.41 Å². The van der Waals surface area contributed by atoms with Crippen LogP contribution in [-0.2, 0) is 11.2 Å². The first kappa shape index (κ1) is 21.9. The van der Waals surface area contributed by atoms with Gasteiger partial charge in [-0.2, -0.15) is 0 Å². The van der Waals surface area contributed by atoms with Gasteiger partial charge in [0.15, 0.2) is 5.96 Å². The van der Waals surface area contributed by atoms with Crippen molar-refractivity contribution in [1.82, 2.24) is 10.6 Å². The van der Waals surface area contributed by atoms with Gasteiger partial charge in [-0.25, -0.2) is 0 Å². The standard InChI is InChI=1S/C21H29N3O2.HI/c1-22-20(24-15-21(10-13-25)11-14-26-16-21)23-12-9-18-7-4-6-17-5-2-3-8-19(17)18;/h2-8,25H,9-16H2,1H3,(H2,22,23,24);1H. The first-order chi connectivity index (χ1) is 12.8. The van der Waals surface area contributed by atoms with Crippen molar-refractivity contribution >= 4 is 40.7 Å². The molecule has 5 nitrogen and oxygen atoms in total. The maximum absolute atomic E-state index is 9.34. The topological polar surface area (TPSA) is 65.9 Å². The largest absolute Gasteiger partial charge is 0.396 e. The molecule has 3 rings (SSSR count). The number of hydrogen-bond acceptors (Lipinski definition) is 3. The van der Waals surface area contributed by atoms with Crippen molar-refractivity contribution in [2.75, 3.05) is 40.0 Å². The van der Waals surface area contributed by atoms with Gasteiger partial charge in [-0.15, -0.1) is 24.0 Å². The van der Waals surface area contributed by atoms with Gasteiger partial charge >= 0.3 is 0 Å². The second-order valence-corrected chi connectivity index (χ2v) is 7.02. The summed E-state index contributed by atoms with van der Waals surface area (Å²) in [7, 11) is 1.79. The fourth-order valence-electron chi connectivity index (χ4n) is 3.63. The van der Waals surface area contributed by atoms with E-state index in [2.05, 4.69) is 58.1 Å². The van der Waals surface area contributed by atoms with E-state index in [4.69, 9.17) is 4.74 Å². The second-order valence-electron chi connectivity index (χ2n) is 7.02. The molecule has 0 radical (unpaired) electrons. The quantitative estimate of drug-likeness (QED) is 0.322. The van der Waals surface area contributed by atoms with E-state index >= 15 is 0 Å². The zero-order chi connectivity index (χ0) is 18.2. The SMILES string of the molecule is CN=C(NCCc1cccc2ccccc12)NCC1(CCO)CCOC1.I. The Labute approximate surface area is 178 Å². The molecule has 0 amide bonds. The zero-order valence-electron chi connectivity index (χ0n) is 15.9. The average molecular weight is 483 g/mol. The number of fused-ring (bicyclic) bond motifs is 1. The summed E-state index contributed by atoms with van der Waals surface area (Å²) >= 11 is 0. The molecule has 3 N–H and O–H groups in total. The van der Waals surface area contributed by atoms with E-state index < -0.39 is 0 Å². The number of benzene rings is 2. The van der Waals surface area contributed by atoms with Crippen LogP contribution in [0.5, 0.6) is 0 Å². The number of hydrogen-bond donors (Lipinski definition) is 3. The third-order valence-electron chi connectivity index (χ3n) is 5.25. The fourth-order valence-corrected chi connectivity index (χ4v) is 3.63. The molecule has 0 spiro atoms. The Bertz CT molecular complexity index is 740. The summed E-state index contributed by atoms with van der Waals surface area (Å²) in [5, 5.41) is 18.7. The van der Waals surface area contributed by atoms with Gasteiger partial charge in [0, 0.05) is 38.8 Å². The van der Waals surface area contributed by atoms with E-state index in [0.717, 1.165) is 44.9 Å². The Kier molecular flexibility index (Phi) is 8.79. The maximum atomic E-state index is 9.34. The molecule has 2 aromatic carbocycles. The number of nitrogens with one attached hydrogen (secondary N) is 2. The molecule has 27 heavy (non-hydrogen) atoms. The first-order valence-electron chi connectivity index (χ1n) is 9.36. The molecule has 2 aromatic rings. The summed E-state index contributed by atoms with van der Waals surface area (Å²) in [5.41, 5.74) is 1.36. The van der Waals surface area contributed by atoms with Crippen molar-refractivity contribution in [2.45, 2.75) is 19.3 Å². The molecule has 1 aliphatic rings. The highest BCUT2D eigenvalue weighted by Crippen LogP contribution is 2.31. The van der Waals surface area contributed by atoms with E-state index in [0.29, 0.717) is 6.61 Å². The summed E-state index contributed by atoms with van der Waals surface area (Å²) in [4.78, 5) is 4.32. The van der Waals surface area contributed by atoms with Gasteiger partial charge < -0.3 is 20.5 Å². The van der Waals surface area contributed by atoms with Crippen molar-refractivity contribution in [1.29, 1.82) is 0 Å². The molecule has 0 aliphatic carbocycles. The minimum Gasteiger partial charge on any atom is -0.396 e. The monoisotopic (exact) mass is 483 g/mol. The lowest BCUT2D eigenvalue weighted by atomic mass is 9.84. The normalized spacial score (nSPS) is 19.7. The van der Waals surface area contributed by atoms with Crippen molar-refractivity contribution in [3.05, 3.63) is 48.0 Å². The lowest BCUT2D eigenvalue weighted by Gasteiger charge is -2.27. The first-order valence-corrected chi connectivity index (χ1v) is 9.36. The van der Waals surface area contributed by atoms with Gasteiger partial charge in [-0.05, 0) is 35.6 Å². The van der Waals surface area contributed by atoms with Crippen molar-refractivity contribution in [3.8, 4) is 0 Å². The third kappa shape index (κ3) is 5.80. The molecule has 1 saturated heterocycles. The second kappa shape index (κ2) is 10.8. The number of ether oxygens (including phenoxy) is 1. The van der Waals surface area contributed by atoms with Crippen LogP contribution in [-0.4, -0.2) is 51.0 Å². The van der Waals surface area contributed by atoms with Gasteiger partial charge in [0.25, 0.3) is 0 Å². The predicted molar refractivity (Wildman–Crippen MR) is 122 cm³/mol. The molecule has 1 atom stereocenters. The van der Waals surface area contributed by atoms with Gasteiger partial charge in [-0.1, -0.05) is 42.5 Å². The Hall–Kier alpha value is -1.38. The van der Waals surface area contributed by atoms with Crippen LogP contribution in [0.4, 0.5) is 0 Å². The molecule has 148 valence electrons. The van der Waals surface area contributed by atoms with E-state index in [9.17, 15) is 5.11 Å². The van der Waals surface area contributed by atoms with Crippen molar-refractivity contribution in [3.63, 3.8) is 0 Å². The highest BCUT2D eigenvalue weighted by atomic mass is 127. The molecular formula is C21H30IN3O2. The number of aliphatic imine (C=N–C) groups is 1. The minimum atomic E-state index is 0. The zero-order valence-corrected chi connectivity index (χ0v) is 18.2. The molecule has 0 bridgehead atoms. The molecule has 1 unspecified atom stereocenters. The maximum Gasteiger partial charge on any atom is 0.191 e. The van der Waals surface area contributed by atoms with E-state index in [1.165, 1.54) is 16.3 Å². The number of aliphatic hydroxyl groups is 1.